The van der Waals surface area contributed by atoms with Gasteiger partial charge in [-0.2, -0.15) is 0 Å². The van der Waals surface area contributed by atoms with Crippen molar-refractivity contribution in [2.24, 2.45) is 11.7 Å². The molecule has 0 aromatic rings. The third-order valence-corrected chi connectivity index (χ3v) is 3.61. The summed E-state index contributed by atoms with van der Waals surface area (Å²) in [5.74, 6) is -2.65. The summed E-state index contributed by atoms with van der Waals surface area (Å²) in [6, 6.07) is -0.944. The molecular weight excluding hydrogens is 278 g/mol. The SMILES string of the molecule is CC(C)N(CCCC(=O)O)C(=O)N1C[C@@H](N)[C@@H](C(=O)O)C1. The molecule has 1 aliphatic heterocycles. The molecule has 0 spiro atoms. The standard InChI is InChI=1S/C13H23N3O5/c1-8(2)16(5-3-4-11(17)18)13(21)15-6-9(12(19)20)10(14)7-15/h8-10H,3-7,14H2,1-2H3,(H,17,18)(H,19,20)/t9-,10+/m0/s1. The second-order valence-electron chi connectivity index (χ2n) is 5.58. The van der Waals surface area contributed by atoms with E-state index in [4.69, 9.17) is 15.9 Å². The Kier molecular flexibility index (Phi) is 5.95. The minimum atomic E-state index is -1.00. The highest BCUT2D eigenvalue weighted by Gasteiger charge is 2.39. The summed E-state index contributed by atoms with van der Waals surface area (Å²) >= 11 is 0. The molecule has 0 unspecified atom stereocenters. The highest BCUT2D eigenvalue weighted by Crippen LogP contribution is 2.18. The summed E-state index contributed by atoms with van der Waals surface area (Å²) in [6.07, 6.45) is 0.356. The molecule has 1 fully saturated rings. The predicted octanol–water partition coefficient (Wildman–Crippen LogP) is 0.0253. The van der Waals surface area contributed by atoms with Crippen molar-refractivity contribution < 1.29 is 24.6 Å². The summed E-state index contributed by atoms with van der Waals surface area (Å²) in [5, 5.41) is 17.7. The molecule has 2 amide bonds. The molecule has 120 valence electrons. The van der Waals surface area contributed by atoms with Crippen molar-refractivity contribution in [1.29, 1.82) is 0 Å². The van der Waals surface area contributed by atoms with Gasteiger partial charge in [0.2, 0.25) is 0 Å². The number of aliphatic carboxylic acids is 2. The Morgan fingerprint density at radius 3 is 2.33 bits per heavy atom. The fraction of sp³-hybridized carbons (Fsp3) is 0.769. The van der Waals surface area contributed by atoms with Crippen LogP contribution in [0.5, 0.6) is 0 Å². The number of amides is 2. The first kappa shape index (κ1) is 17.2. The average molecular weight is 301 g/mol. The van der Waals surface area contributed by atoms with Gasteiger partial charge in [0.15, 0.2) is 0 Å². The first-order chi connectivity index (χ1) is 9.73. The van der Waals surface area contributed by atoms with Crippen LogP contribution in [-0.2, 0) is 9.59 Å². The van der Waals surface area contributed by atoms with Gasteiger partial charge in [-0.25, -0.2) is 4.79 Å². The molecule has 2 atom stereocenters. The lowest BCUT2D eigenvalue weighted by Crippen LogP contribution is -2.46. The maximum atomic E-state index is 12.4. The number of likely N-dealkylation sites (tertiary alicyclic amines) is 1. The van der Waals surface area contributed by atoms with Crippen LogP contribution in [-0.4, -0.2) is 69.7 Å². The molecule has 1 rings (SSSR count). The fourth-order valence-corrected chi connectivity index (χ4v) is 2.40. The molecule has 0 aromatic heterocycles. The maximum absolute atomic E-state index is 12.4. The molecule has 8 heteroatoms. The first-order valence-electron chi connectivity index (χ1n) is 6.99. The summed E-state index contributed by atoms with van der Waals surface area (Å²) in [4.78, 5) is 37.0. The molecular formula is C13H23N3O5. The summed E-state index contributed by atoms with van der Waals surface area (Å²) < 4.78 is 0. The number of carboxylic acid groups (broad SMARTS) is 2. The van der Waals surface area contributed by atoms with E-state index >= 15 is 0 Å². The third kappa shape index (κ3) is 4.59. The van der Waals surface area contributed by atoms with Crippen molar-refractivity contribution in [2.75, 3.05) is 19.6 Å². The van der Waals surface area contributed by atoms with E-state index in [1.165, 1.54) is 4.90 Å². The van der Waals surface area contributed by atoms with Gasteiger partial charge in [-0.3, -0.25) is 9.59 Å². The first-order valence-corrected chi connectivity index (χ1v) is 6.99. The lowest BCUT2D eigenvalue weighted by atomic mass is 10.1. The summed E-state index contributed by atoms with van der Waals surface area (Å²) in [5.41, 5.74) is 5.75. The molecule has 4 N–H and O–H groups in total. The van der Waals surface area contributed by atoms with Gasteiger partial charge in [0.1, 0.15) is 0 Å². The Morgan fingerprint density at radius 2 is 1.90 bits per heavy atom. The van der Waals surface area contributed by atoms with Gasteiger partial charge in [-0.05, 0) is 20.3 Å². The summed E-state index contributed by atoms with van der Waals surface area (Å²) in [7, 11) is 0. The van der Waals surface area contributed by atoms with Crippen molar-refractivity contribution in [2.45, 2.75) is 38.8 Å². The molecule has 0 aromatic carbocycles. The second-order valence-corrected chi connectivity index (χ2v) is 5.58. The Labute approximate surface area is 123 Å². The number of hydrogen-bond acceptors (Lipinski definition) is 4. The van der Waals surface area contributed by atoms with Crippen molar-refractivity contribution in [3.8, 4) is 0 Å². The molecule has 0 bridgehead atoms. The van der Waals surface area contributed by atoms with E-state index in [2.05, 4.69) is 0 Å². The van der Waals surface area contributed by atoms with Gasteiger partial charge in [0, 0.05) is 38.1 Å². The number of carbonyl (C=O) groups is 3. The van der Waals surface area contributed by atoms with Crippen LogP contribution in [0.3, 0.4) is 0 Å². The Morgan fingerprint density at radius 1 is 1.29 bits per heavy atom. The highest BCUT2D eigenvalue weighted by atomic mass is 16.4. The van der Waals surface area contributed by atoms with Crippen molar-refractivity contribution >= 4 is 18.0 Å². The van der Waals surface area contributed by atoms with Gasteiger partial charge in [-0.15, -0.1) is 0 Å². The van der Waals surface area contributed by atoms with Crippen LogP contribution in [0.25, 0.3) is 0 Å². The number of nitrogens with zero attached hydrogens (tertiary/aromatic N) is 2. The quantitative estimate of drug-likeness (QED) is 0.635. The van der Waals surface area contributed by atoms with Gasteiger partial charge >= 0.3 is 18.0 Å². The predicted molar refractivity (Wildman–Crippen MR) is 74.8 cm³/mol. The number of rotatable bonds is 6. The molecule has 1 heterocycles. The van der Waals surface area contributed by atoms with E-state index in [1.54, 1.807) is 4.90 Å². The minimum absolute atomic E-state index is 0.00619. The van der Waals surface area contributed by atoms with E-state index in [-0.39, 0.29) is 31.6 Å². The number of urea groups is 1. The van der Waals surface area contributed by atoms with Crippen LogP contribution in [0, 0.1) is 5.92 Å². The fourth-order valence-electron chi connectivity index (χ4n) is 2.40. The van der Waals surface area contributed by atoms with E-state index < -0.39 is 23.9 Å². The molecule has 1 saturated heterocycles. The monoisotopic (exact) mass is 301 g/mol. The molecule has 0 radical (unpaired) electrons. The van der Waals surface area contributed by atoms with Crippen LogP contribution in [0.1, 0.15) is 26.7 Å². The van der Waals surface area contributed by atoms with Crippen LogP contribution in [0.4, 0.5) is 4.79 Å². The van der Waals surface area contributed by atoms with Crippen LogP contribution < -0.4 is 5.73 Å². The number of carbonyl (C=O) groups excluding carboxylic acids is 1. The highest BCUT2D eigenvalue weighted by molar-refractivity contribution is 5.78. The molecule has 0 saturated carbocycles. The Balaban J connectivity index is 2.65. The minimum Gasteiger partial charge on any atom is -0.481 e. The van der Waals surface area contributed by atoms with Crippen LogP contribution in [0.15, 0.2) is 0 Å². The van der Waals surface area contributed by atoms with Crippen molar-refractivity contribution in [1.82, 2.24) is 9.80 Å². The second kappa shape index (κ2) is 7.26. The van der Waals surface area contributed by atoms with E-state index in [0.29, 0.717) is 13.0 Å². The van der Waals surface area contributed by atoms with Crippen molar-refractivity contribution in [3.63, 3.8) is 0 Å². The van der Waals surface area contributed by atoms with E-state index in [9.17, 15) is 14.4 Å². The van der Waals surface area contributed by atoms with Crippen molar-refractivity contribution in [3.05, 3.63) is 0 Å². The lowest BCUT2D eigenvalue weighted by Gasteiger charge is -2.31. The number of nitrogens with two attached hydrogens (primary N) is 1. The molecule has 21 heavy (non-hydrogen) atoms. The maximum Gasteiger partial charge on any atom is 0.320 e. The van der Waals surface area contributed by atoms with Crippen LogP contribution >= 0.6 is 0 Å². The molecule has 8 nitrogen and oxygen atoms in total. The van der Waals surface area contributed by atoms with Gasteiger partial charge < -0.3 is 25.7 Å². The molecule has 0 aliphatic carbocycles. The van der Waals surface area contributed by atoms with E-state index in [0.717, 1.165) is 0 Å². The topological polar surface area (TPSA) is 124 Å². The van der Waals surface area contributed by atoms with Gasteiger partial charge in [-0.1, -0.05) is 0 Å². The number of carboxylic acids is 2. The largest absolute Gasteiger partial charge is 0.481 e. The Hall–Kier alpha value is -1.83. The van der Waals surface area contributed by atoms with Gasteiger partial charge in [0.25, 0.3) is 0 Å². The zero-order valence-electron chi connectivity index (χ0n) is 12.4. The van der Waals surface area contributed by atoms with E-state index in [1.807, 2.05) is 13.8 Å². The zero-order chi connectivity index (χ0) is 16.2. The zero-order valence-corrected chi connectivity index (χ0v) is 12.4. The summed E-state index contributed by atoms with van der Waals surface area (Å²) in [6.45, 7) is 4.30. The smallest absolute Gasteiger partial charge is 0.320 e. The van der Waals surface area contributed by atoms with Crippen LogP contribution in [0.2, 0.25) is 0 Å². The molecule has 1 aliphatic rings. The number of hydrogen-bond donors (Lipinski definition) is 3. The average Bonchev–Trinajstić information content (AvgIpc) is 2.75. The Bertz CT molecular complexity index is 413. The normalized spacial score (nSPS) is 21.6. The lowest BCUT2D eigenvalue weighted by molar-refractivity contribution is -0.141. The third-order valence-electron chi connectivity index (χ3n) is 3.61. The van der Waals surface area contributed by atoms with Gasteiger partial charge in [0.05, 0.1) is 5.92 Å².